The number of nitrogens with zero attached hydrogens (tertiary/aromatic N) is 6. The maximum Gasteiger partial charge on any atom is 0.410 e. The van der Waals surface area contributed by atoms with E-state index in [0.29, 0.717) is 42.2 Å². The second-order valence-corrected chi connectivity index (χ2v) is 14.1. The fourth-order valence-corrected chi connectivity index (χ4v) is 7.12. The number of nitrogens with one attached hydrogen (secondary N) is 1. The molecule has 3 aromatic rings. The zero-order valence-corrected chi connectivity index (χ0v) is 26.4. The minimum atomic E-state index is -0.776. The number of carbonyl (C=O) groups excluding carboxylic acids is 2. The maximum absolute atomic E-state index is 12.9. The molecular formula is C32H41N7O6. The van der Waals surface area contributed by atoms with Gasteiger partial charge in [-0.2, -0.15) is 0 Å². The van der Waals surface area contributed by atoms with Crippen molar-refractivity contribution in [2.45, 2.75) is 83.4 Å². The van der Waals surface area contributed by atoms with E-state index < -0.39 is 17.6 Å². The lowest BCUT2D eigenvalue weighted by Gasteiger charge is -2.29. The van der Waals surface area contributed by atoms with Gasteiger partial charge in [-0.1, -0.05) is 18.2 Å². The van der Waals surface area contributed by atoms with Crippen LogP contribution in [0, 0.1) is 5.41 Å². The molecule has 5 atom stereocenters. The average Bonchev–Trinajstić information content (AvgIpc) is 3.80. The van der Waals surface area contributed by atoms with Gasteiger partial charge in [-0.15, -0.1) is 0 Å². The smallest absolute Gasteiger partial charge is 0.410 e. The van der Waals surface area contributed by atoms with Crippen LogP contribution in [0.15, 0.2) is 43.0 Å². The quantitative estimate of drug-likeness (QED) is 0.449. The molecule has 7 rings (SSSR count). The van der Waals surface area contributed by atoms with Gasteiger partial charge in [-0.05, 0) is 66.1 Å². The molecule has 6 heterocycles. The molecule has 0 aliphatic carbocycles. The third-order valence-corrected chi connectivity index (χ3v) is 9.07. The van der Waals surface area contributed by atoms with Crippen LogP contribution < -0.4 is 5.32 Å². The first-order chi connectivity index (χ1) is 21.4. The van der Waals surface area contributed by atoms with Crippen molar-refractivity contribution in [2.75, 3.05) is 38.0 Å². The average molecular weight is 620 g/mol. The van der Waals surface area contributed by atoms with E-state index in [9.17, 15) is 9.59 Å². The summed E-state index contributed by atoms with van der Waals surface area (Å²) in [5, 5.41) is 2.86. The summed E-state index contributed by atoms with van der Waals surface area (Å²) in [5.41, 5.74) is 1.05. The van der Waals surface area contributed by atoms with Gasteiger partial charge in [-0.25, -0.2) is 19.7 Å². The molecule has 4 aliphatic heterocycles. The Hall–Kier alpha value is -3.65. The highest BCUT2D eigenvalue weighted by Gasteiger charge is 2.57. The van der Waals surface area contributed by atoms with E-state index in [0.717, 1.165) is 25.9 Å². The summed E-state index contributed by atoms with van der Waals surface area (Å²) in [7, 11) is 0. The van der Waals surface area contributed by atoms with E-state index in [4.69, 9.17) is 18.9 Å². The first-order valence-corrected chi connectivity index (χ1v) is 15.6. The number of carbonyl (C=O) groups is 2. The zero-order valence-electron chi connectivity index (χ0n) is 26.4. The van der Waals surface area contributed by atoms with Gasteiger partial charge in [0.2, 0.25) is 0 Å². The van der Waals surface area contributed by atoms with E-state index in [1.54, 1.807) is 18.5 Å². The highest BCUT2D eigenvalue weighted by Crippen LogP contribution is 2.46. The number of benzene rings is 1. The van der Waals surface area contributed by atoms with Crippen LogP contribution in [0.1, 0.15) is 64.0 Å². The molecule has 2 aromatic heterocycles. The maximum atomic E-state index is 12.9. The number of imidazole rings is 1. The van der Waals surface area contributed by atoms with Crippen LogP contribution in [0.4, 0.5) is 10.6 Å². The second kappa shape index (κ2) is 11.0. The number of rotatable bonds is 5. The van der Waals surface area contributed by atoms with Crippen molar-refractivity contribution in [1.29, 1.82) is 0 Å². The van der Waals surface area contributed by atoms with E-state index >= 15 is 0 Å². The Balaban J connectivity index is 1.07. The topological polar surface area (TPSA) is 133 Å². The summed E-state index contributed by atoms with van der Waals surface area (Å²) in [5.74, 6) is -0.736. The van der Waals surface area contributed by atoms with Crippen molar-refractivity contribution >= 4 is 29.0 Å². The fraction of sp³-hybridized carbons (Fsp3) is 0.594. The van der Waals surface area contributed by atoms with E-state index in [1.807, 2.05) is 62.3 Å². The molecule has 1 unspecified atom stereocenters. The van der Waals surface area contributed by atoms with E-state index in [1.165, 1.54) is 6.33 Å². The molecule has 0 saturated carbocycles. The van der Waals surface area contributed by atoms with Gasteiger partial charge in [0.05, 0.1) is 6.33 Å². The van der Waals surface area contributed by atoms with Crippen molar-refractivity contribution < 1.29 is 28.5 Å². The summed E-state index contributed by atoms with van der Waals surface area (Å²) in [6, 6.07) is 8.95. The molecule has 4 saturated heterocycles. The van der Waals surface area contributed by atoms with Crippen molar-refractivity contribution in [3.8, 4) is 0 Å². The summed E-state index contributed by atoms with van der Waals surface area (Å²) in [6.07, 6.45) is 3.34. The molecule has 4 aliphatic rings. The first kappa shape index (κ1) is 30.0. The van der Waals surface area contributed by atoms with Crippen LogP contribution >= 0.6 is 0 Å². The number of fused-ring (bicyclic) bond motifs is 2. The molecule has 240 valence electrons. The molecule has 0 radical (unpaired) electrons. The van der Waals surface area contributed by atoms with Crippen molar-refractivity contribution in [3.05, 3.63) is 48.5 Å². The SMILES string of the molecule is CC(C)(C)OC(=O)N1CCC2(CCN(C[C@H]3O[C@@H](n4cnc5c(NC(=O)c6ccccc6)ncnc54)[C@@H]4OC(C)(C)O[C@@H]43)C2)C1. The molecule has 13 heteroatoms. The van der Waals surface area contributed by atoms with E-state index in [-0.39, 0.29) is 35.7 Å². The van der Waals surface area contributed by atoms with Gasteiger partial charge in [0.25, 0.3) is 5.91 Å². The number of hydrogen-bond acceptors (Lipinski definition) is 10. The number of likely N-dealkylation sites (tertiary alicyclic amines) is 2. The van der Waals surface area contributed by atoms with Gasteiger partial charge in [0, 0.05) is 37.2 Å². The zero-order chi connectivity index (χ0) is 31.6. The monoisotopic (exact) mass is 619 g/mol. The summed E-state index contributed by atoms with van der Waals surface area (Å²) >= 11 is 0. The Morgan fingerprint density at radius 2 is 1.78 bits per heavy atom. The highest BCUT2D eigenvalue weighted by molar-refractivity contribution is 6.06. The van der Waals surface area contributed by atoms with Crippen LogP contribution in [-0.4, -0.2) is 104 Å². The van der Waals surface area contributed by atoms with Crippen LogP contribution in [-0.2, 0) is 18.9 Å². The number of amides is 2. The van der Waals surface area contributed by atoms with Gasteiger partial charge >= 0.3 is 6.09 Å². The molecule has 1 spiro atoms. The minimum absolute atomic E-state index is 0.0542. The Labute approximate surface area is 262 Å². The molecule has 2 amide bonds. The fourth-order valence-electron chi connectivity index (χ4n) is 7.12. The lowest BCUT2D eigenvalue weighted by molar-refractivity contribution is -0.197. The lowest BCUT2D eigenvalue weighted by Crippen LogP contribution is -2.41. The van der Waals surface area contributed by atoms with Crippen LogP contribution in [0.25, 0.3) is 11.2 Å². The van der Waals surface area contributed by atoms with Gasteiger partial charge in [-0.3, -0.25) is 9.36 Å². The summed E-state index contributed by atoms with van der Waals surface area (Å²) < 4.78 is 27.0. The number of aromatic nitrogens is 4. The minimum Gasteiger partial charge on any atom is -0.444 e. The Kier molecular flexibility index (Phi) is 7.34. The Morgan fingerprint density at radius 1 is 1.02 bits per heavy atom. The summed E-state index contributed by atoms with van der Waals surface area (Å²) in [6.45, 7) is 13.4. The Bertz CT molecular complexity index is 1590. The van der Waals surface area contributed by atoms with Crippen molar-refractivity contribution in [3.63, 3.8) is 0 Å². The highest BCUT2D eigenvalue weighted by atomic mass is 16.8. The molecule has 1 aromatic carbocycles. The number of hydrogen-bond donors (Lipinski definition) is 1. The molecule has 1 N–H and O–H groups in total. The van der Waals surface area contributed by atoms with Crippen molar-refractivity contribution in [1.82, 2.24) is 29.3 Å². The molecule has 4 fully saturated rings. The molecular weight excluding hydrogens is 578 g/mol. The predicted octanol–water partition coefficient (Wildman–Crippen LogP) is 3.83. The van der Waals surface area contributed by atoms with Crippen LogP contribution in [0.2, 0.25) is 0 Å². The van der Waals surface area contributed by atoms with Crippen molar-refractivity contribution in [2.24, 2.45) is 5.41 Å². The standard InChI is InChI=1S/C32H41N7O6/c1-30(2,3)45-29(41)38-14-12-32(17-38)11-13-37(16-32)15-21-23-24(44-31(4,5)43-23)28(42-21)39-19-35-22-25(33-18-34-26(22)39)36-27(40)20-9-7-6-8-10-20/h6-10,18-19,21,23-24,28H,11-17H2,1-5H3,(H,33,34,36,40)/t21-,23-,24-,28-,32?/m1/s1. The predicted molar refractivity (Wildman–Crippen MR) is 163 cm³/mol. The largest absolute Gasteiger partial charge is 0.444 e. The third kappa shape index (κ3) is 5.89. The first-order valence-electron chi connectivity index (χ1n) is 15.6. The Morgan fingerprint density at radius 3 is 2.56 bits per heavy atom. The lowest BCUT2D eigenvalue weighted by atomic mass is 9.86. The van der Waals surface area contributed by atoms with Crippen LogP contribution in [0.3, 0.4) is 0 Å². The second-order valence-electron chi connectivity index (χ2n) is 14.1. The number of ether oxygens (including phenoxy) is 4. The summed E-state index contributed by atoms with van der Waals surface area (Å²) in [4.78, 5) is 43.2. The normalized spacial score (nSPS) is 29.5. The third-order valence-electron chi connectivity index (χ3n) is 9.07. The molecule has 45 heavy (non-hydrogen) atoms. The molecule has 13 nitrogen and oxygen atoms in total. The number of anilines is 1. The van der Waals surface area contributed by atoms with Gasteiger partial charge < -0.3 is 34.1 Å². The molecule has 0 bridgehead atoms. The van der Waals surface area contributed by atoms with Gasteiger partial charge in [0.15, 0.2) is 29.0 Å². The van der Waals surface area contributed by atoms with Gasteiger partial charge in [0.1, 0.15) is 30.2 Å². The van der Waals surface area contributed by atoms with E-state index in [2.05, 4.69) is 25.2 Å². The van der Waals surface area contributed by atoms with Crippen LogP contribution in [0.5, 0.6) is 0 Å².